The summed E-state index contributed by atoms with van der Waals surface area (Å²) in [5, 5.41) is 8.42. The van der Waals surface area contributed by atoms with Crippen LogP contribution in [0.5, 0.6) is 11.5 Å². The van der Waals surface area contributed by atoms with E-state index in [1.807, 2.05) is 25.4 Å². The molecule has 0 aliphatic rings. The Bertz CT molecular complexity index is 1040. The number of fused-ring (bicyclic) bond motifs is 1. The summed E-state index contributed by atoms with van der Waals surface area (Å²) >= 11 is 0. The third kappa shape index (κ3) is 2.36. The van der Waals surface area contributed by atoms with Gasteiger partial charge in [-0.1, -0.05) is 0 Å². The van der Waals surface area contributed by atoms with E-state index in [4.69, 9.17) is 10.5 Å². The number of halogens is 1. The van der Waals surface area contributed by atoms with Gasteiger partial charge in [-0.25, -0.2) is 8.91 Å². The number of ether oxygens (including phenoxy) is 1. The number of nitrogen functional groups attached to an aromatic ring is 1. The van der Waals surface area contributed by atoms with E-state index in [2.05, 4.69) is 10.2 Å². The lowest BCUT2D eigenvalue weighted by atomic mass is 10.2. The molecule has 6 nitrogen and oxygen atoms in total. The monoisotopic (exact) mass is 323 g/mol. The molecule has 1 aromatic carbocycles. The molecular formula is C17H14FN5O. The molecule has 7 heteroatoms. The van der Waals surface area contributed by atoms with Crippen molar-refractivity contribution in [2.24, 2.45) is 7.05 Å². The number of aryl methyl sites for hydroxylation is 1. The van der Waals surface area contributed by atoms with E-state index >= 15 is 0 Å². The first kappa shape index (κ1) is 14.3. The van der Waals surface area contributed by atoms with Gasteiger partial charge in [0.05, 0.1) is 11.9 Å². The second-order valence-electron chi connectivity index (χ2n) is 5.39. The van der Waals surface area contributed by atoms with E-state index in [1.165, 1.54) is 12.1 Å². The van der Waals surface area contributed by atoms with Crippen molar-refractivity contribution in [2.45, 2.75) is 0 Å². The SMILES string of the molecule is Cn1nccc1-c1cc(Oc2ccc(N)cc2F)c2ccnn2c1. The van der Waals surface area contributed by atoms with Gasteiger partial charge in [0.15, 0.2) is 17.3 Å². The molecule has 0 saturated carbocycles. The maximum atomic E-state index is 14.1. The highest BCUT2D eigenvalue weighted by Gasteiger charge is 2.13. The average Bonchev–Trinajstić information content (AvgIpc) is 3.18. The zero-order chi connectivity index (χ0) is 16.7. The number of rotatable bonds is 3. The van der Waals surface area contributed by atoms with Gasteiger partial charge >= 0.3 is 0 Å². The Balaban J connectivity index is 1.85. The van der Waals surface area contributed by atoms with E-state index in [9.17, 15) is 4.39 Å². The number of anilines is 1. The summed E-state index contributed by atoms with van der Waals surface area (Å²) in [7, 11) is 1.85. The van der Waals surface area contributed by atoms with Gasteiger partial charge in [0, 0.05) is 36.8 Å². The first-order valence-corrected chi connectivity index (χ1v) is 7.30. The van der Waals surface area contributed by atoms with Gasteiger partial charge in [0.25, 0.3) is 0 Å². The molecule has 4 rings (SSSR count). The molecule has 0 atom stereocenters. The van der Waals surface area contributed by atoms with Crippen molar-refractivity contribution in [3.8, 4) is 22.8 Å². The average molecular weight is 323 g/mol. The highest BCUT2D eigenvalue weighted by atomic mass is 19.1. The van der Waals surface area contributed by atoms with Crippen molar-refractivity contribution in [1.82, 2.24) is 19.4 Å². The standard InChI is InChI=1S/C17H14FN5O/c1-22-14(4-6-20-22)11-8-17(15-5-7-21-23(15)10-11)24-16-3-2-12(19)9-13(16)18/h2-10H,19H2,1H3. The van der Waals surface area contributed by atoms with E-state index in [-0.39, 0.29) is 5.75 Å². The zero-order valence-corrected chi connectivity index (χ0v) is 12.8. The van der Waals surface area contributed by atoms with Crippen LogP contribution in [0.15, 0.2) is 55.0 Å². The lowest BCUT2D eigenvalue weighted by Crippen LogP contribution is -1.98. The number of benzene rings is 1. The molecule has 120 valence electrons. The number of aromatic nitrogens is 4. The molecule has 2 N–H and O–H groups in total. The fourth-order valence-electron chi connectivity index (χ4n) is 2.59. The van der Waals surface area contributed by atoms with Crippen LogP contribution in [0.4, 0.5) is 10.1 Å². The van der Waals surface area contributed by atoms with Crippen molar-refractivity contribution in [3.05, 3.63) is 60.8 Å². The maximum absolute atomic E-state index is 14.1. The Morgan fingerprint density at radius 3 is 2.62 bits per heavy atom. The van der Waals surface area contributed by atoms with Crippen molar-refractivity contribution < 1.29 is 9.13 Å². The maximum Gasteiger partial charge on any atom is 0.167 e. The van der Waals surface area contributed by atoms with Gasteiger partial charge in [0.1, 0.15) is 5.52 Å². The van der Waals surface area contributed by atoms with Crippen molar-refractivity contribution in [1.29, 1.82) is 0 Å². The fraction of sp³-hybridized carbons (Fsp3) is 0.0588. The summed E-state index contributed by atoms with van der Waals surface area (Å²) in [4.78, 5) is 0. The molecule has 0 aliphatic heterocycles. The summed E-state index contributed by atoms with van der Waals surface area (Å²) in [5.74, 6) is 0.0860. The number of hydrogen-bond donors (Lipinski definition) is 1. The van der Waals surface area contributed by atoms with Gasteiger partial charge in [0.2, 0.25) is 0 Å². The third-order valence-electron chi connectivity index (χ3n) is 3.76. The summed E-state index contributed by atoms with van der Waals surface area (Å²) in [6.07, 6.45) is 5.25. The van der Waals surface area contributed by atoms with Gasteiger partial charge < -0.3 is 10.5 Å². The van der Waals surface area contributed by atoms with Crippen molar-refractivity contribution >= 4 is 11.2 Å². The minimum Gasteiger partial charge on any atom is -0.452 e. The Morgan fingerprint density at radius 2 is 1.88 bits per heavy atom. The van der Waals surface area contributed by atoms with E-state index in [0.29, 0.717) is 11.4 Å². The Morgan fingerprint density at radius 1 is 1.04 bits per heavy atom. The highest BCUT2D eigenvalue weighted by molar-refractivity contribution is 5.69. The molecule has 0 unspecified atom stereocenters. The fourth-order valence-corrected chi connectivity index (χ4v) is 2.59. The van der Waals surface area contributed by atoms with Crippen LogP contribution in [0.1, 0.15) is 0 Å². The molecule has 0 fully saturated rings. The highest BCUT2D eigenvalue weighted by Crippen LogP contribution is 2.32. The summed E-state index contributed by atoms with van der Waals surface area (Å²) in [6.45, 7) is 0. The van der Waals surface area contributed by atoms with Crippen LogP contribution in [0, 0.1) is 5.82 Å². The van der Waals surface area contributed by atoms with Crippen LogP contribution in [0.3, 0.4) is 0 Å². The van der Waals surface area contributed by atoms with Gasteiger partial charge in [-0.3, -0.25) is 4.68 Å². The summed E-state index contributed by atoms with van der Waals surface area (Å²) < 4.78 is 23.3. The minimum atomic E-state index is -0.515. The van der Waals surface area contributed by atoms with E-state index in [1.54, 1.807) is 33.7 Å². The zero-order valence-electron chi connectivity index (χ0n) is 12.8. The normalized spacial score (nSPS) is 11.1. The molecule has 0 saturated heterocycles. The van der Waals surface area contributed by atoms with Crippen LogP contribution < -0.4 is 10.5 Å². The van der Waals surface area contributed by atoms with Gasteiger partial charge in [-0.2, -0.15) is 10.2 Å². The van der Waals surface area contributed by atoms with Crippen LogP contribution in [-0.4, -0.2) is 19.4 Å². The molecule has 0 amide bonds. The molecule has 0 spiro atoms. The first-order valence-electron chi connectivity index (χ1n) is 7.30. The molecule has 3 heterocycles. The number of pyridine rings is 1. The first-order chi connectivity index (χ1) is 11.6. The second-order valence-corrected chi connectivity index (χ2v) is 5.39. The minimum absolute atomic E-state index is 0.106. The molecule has 24 heavy (non-hydrogen) atoms. The van der Waals surface area contributed by atoms with Crippen LogP contribution in [-0.2, 0) is 7.05 Å². The van der Waals surface area contributed by atoms with Crippen molar-refractivity contribution in [2.75, 3.05) is 5.73 Å². The summed E-state index contributed by atoms with van der Waals surface area (Å²) in [6, 6.07) is 9.86. The predicted octanol–water partition coefficient (Wildman–Crippen LogP) is 3.25. The van der Waals surface area contributed by atoms with E-state index < -0.39 is 5.82 Å². The summed E-state index contributed by atoms with van der Waals surface area (Å²) in [5.41, 5.74) is 8.42. The largest absolute Gasteiger partial charge is 0.452 e. The lowest BCUT2D eigenvalue weighted by molar-refractivity contribution is 0.445. The quantitative estimate of drug-likeness (QED) is 0.588. The molecular weight excluding hydrogens is 309 g/mol. The number of nitrogens with zero attached hydrogens (tertiary/aromatic N) is 4. The number of hydrogen-bond acceptors (Lipinski definition) is 4. The van der Waals surface area contributed by atoms with Crippen LogP contribution in [0.25, 0.3) is 16.8 Å². The number of nitrogens with two attached hydrogens (primary N) is 1. The molecule has 0 radical (unpaired) electrons. The van der Waals surface area contributed by atoms with Gasteiger partial charge in [-0.05, 0) is 30.3 Å². The Kier molecular flexibility index (Phi) is 3.19. The topological polar surface area (TPSA) is 70.4 Å². The second kappa shape index (κ2) is 5.38. The van der Waals surface area contributed by atoms with E-state index in [0.717, 1.165) is 16.8 Å². The molecule has 0 aliphatic carbocycles. The van der Waals surface area contributed by atoms with Crippen LogP contribution >= 0.6 is 0 Å². The third-order valence-corrected chi connectivity index (χ3v) is 3.76. The van der Waals surface area contributed by atoms with Crippen LogP contribution in [0.2, 0.25) is 0 Å². The molecule has 4 aromatic rings. The smallest absolute Gasteiger partial charge is 0.167 e. The lowest BCUT2D eigenvalue weighted by Gasteiger charge is -2.11. The molecule has 3 aromatic heterocycles. The van der Waals surface area contributed by atoms with Crippen molar-refractivity contribution in [3.63, 3.8) is 0 Å². The molecule has 0 bridgehead atoms. The predicted molar refractivity (Wildman–Crippen MR) is 88.3 cm³/mol. The Labute approximate surface area is 136 Å². The Hall–Kier alpha value is -3.35. The van der Waals surface area contributed by atoms with Gasteiger partial charge in [-0.15, -0.1) is 0 Å².